The van der Waals surface area contributed by atoms with Gasteiger partial charge >= 0.3 is 6.03 Å². The predicted octanol–water partition coefficient (Wildman–Crippen LogP) is 5.44. The van der Waals surface area contributed by atoms with Crippen molar-refractivity contribution >= 4 is 17.4 Å². The number of aryl methyl sites for hydroxylation is 4. The molecule has 238 valence electrons. The van der Waals surface area contributed by atoms with E-state index >= 15 is 0 Å². The molecule has 1 aliphatic heterocycles. The van der Waals surface area contributed by atoms with E-state index in [4.69, 9.17) is 20.7 Å². The summed E-state index contributed by atoms with van der Waals surface area (Å²) in [4.78, 5) is 18.9. The number of nitrogens with two attached hydrogens (primary N) is 1. The molecule has 1 saturated heterocycles. The van der Waals surface area contributed by atoms with Gasteiger partial charge in [0.2, 0.25) is 0 Å². The van der Waals surface area contributed by atoms with E-state index in [1.807, 2.05) is 21.5 Å². The van der Waals surface area contributed by atoms with Gasteiger partial charge in [-0.3, -0.25) is 0 Å². The second-order valence-electron chi connectivity index (χ2n) is 11.5. The van der Waals surface area contributed by atoms with E-state index < -0.39 is 0 Å². The SMILES string of the molecule is CCn1n[n+](-c2ccc(-c3nc(CCc4ccc(-c5ccccc5)cc4)cs3)c(OCCN3CCNC3=O)c2)cc1CCCCN. The Labute approximate surface area is 274 Å². The summed E-state index contributed by atoms with van der Waals surface area (Å²) in [5.74, 6) is 0.734. The van der Waals surface area contributed by atoms with E-state index in [0.29, 0.717) is 32.8 Å². The minimum atomic E-state index is -0.0420. The van der Waals surface area contributed by atoms with Crippen molar-refractivity contribution in [1.82, 2.24) is 25.1 Å². The van der Waals surface area contributed by atoms with Crippen LogP contribution in [0.15, 0.2) is 84.4 Å². The molecule has 1 fully saturated rings. The van der Waals surface area contributed by atoms with Crippen molar-refractivity contribution in [2.75, 3.05) is 32.8 Å². The summed E-state index contributed by atoms with van der Waals surface area (Å²) < 4.78 is 10.3. The minimum absolute atomic E-state index is 0.0420. The first-order valence-corrected chi connectivity index (χ1v) is 17.1. The third-order valence-electron chi connectivity index (χ3n) is 8.30. The van der Waals surface area contributed by atoms with Crippen LogP contribution in [0.25, 0.3) is 27.4 Å². The van der Waals surface area contributed by atoms with Gasteiger partial charge in [0.05, 0.1) is 23.0 Å². The summed E-state index contributed by atoms with van der Waals surface area (Å²) in [6.07, 6.45) is 6.84. The first-order chi connectivity index (χ1) is 22.6. The molecule has 3 aromatic carbocycles. The van der Waals surface area contributed by atoms with Gasteiger partial charge in [-0.1, -0.05) is 54.6 Å². The van der Waals surface area contributed by atoms with E-state index in [1.54, 1.807) is 16.2 Å². The molecule has 2 amide bonds. The Morgan fingerprint density at radius 1 is 1.00 bits per heavy atom. The van der Waals surface area contributed by atoms with Crippen molar-refractivity contribution < 1.29 is 14.2 Å². The lowest BCUT2D eigenvalue weighted by atomic mass is 10.0. The zero-order valence-corrected chi connectivity index (χ0v) is 27.2. The summed E-state index contributed by atoms with van der Waals surface area (Å²) in [6, 6.07) is 25.4. The molecule has 9 nitrogen and oxygen atoms in total. The lowest BCUT2D eigenvalue weighted by Gasteiger charge is -2.16. The molecular weight excluding hydrogens is 595 g/mol. The zero-order chi connectivity index (χ0) is 31.7. The van der Waals surface area contributed by atoms with Gasteiger partial charge in [0.15, 0.2) is 17.6 Å². The smallest absolute Gasteiger partial charge is 0.317 e. The van der Waals surface area contributed by atoms with Crippen LogP contribution in [0.2, 0.25) is 0 Å². The first kappa shape index (κ1) is 31.4. The fourth-order valence-electron chi connectivity index (χ4n) is 5.70. The summed E-state index contributed by atoms with van der Waals surface area (Å²) in [6.45, 7) is 5.87. The van der Waals surface area contributed by atoms with Crippen LogP contribution in [0.4, 0.5) is 4.79 Å². The molecule has 1 aliphatic rings. The Morgan fingerprint density at radius 3 is 2.59 bits per heavy atom. The number of nitrogens with one attached hydrogen (secondary N) is 1. The molecule has 10 heteroatoms. The molecule has 0 radical (unpaired) electrons. The molecule has 0 aliphatic carbocycles. The number of aromatic nitrogens is 4. The monoisotopic (exact) mass is 636 g/mol. The summed E-state index contributed by atoms with van der Waals surface area (Å²) in [7, 11) is 0. The van der Waals surface area contributed by atoms with Crippen molar-refractivity contribution in [2.24, 2.45) is 5.73 Å². The third-order valence-corrected chi connectivity index (χ3v) is 9.22. The van der Waals surface area contributed by atoms with Gasteiger partial charge in [0.25, 0.3) is 0 Å². The Balaban J connectivity index is 1.19. The predicted molar refractivity (Wildman–Crippen MR) is 182 cm³/mol. The van der Waals surface area contributed by atoms with E-state index in [9.17, 15) is 4.79 Å². The van der Waals surface area contributed by atoms with Gasteiger partial charge in [-0.25, -0.2) is 9.78 Å². The topological polar surface area (TPSA) is 102 Å². The molecule has 0 saturated carbocycles. The Morgan fingerprint density at radius 2 is 1.83 bits per heavy atom. The maximum absolute atomic E-state index is 12.1. The molecule has 3 N–H and O–H groups in total. The standard InChI is InChI=1S/C36H41N7O2S/c1-2-42-32(10-6-7-19-37)25-43(40-42)31-17-18-33(34(24-31)45-23-22-41-21-20-38-36(41)44)35-39-30(26-46-35)16-13-27-11-14-29(15-12-27)28-8-4-3-5-9-28/h3-5,8-9,11-12,14-15,17-18,24-26H,2,6-7,10,13,16,19-23,37H2,1H3/p+1. The highest BCUT2D eigenvalue weighted by molar-refractivity contribution is 7.13. The van der Waals surface area contributed by atoms with Gasteiger partial charge in [-0.15, -0.1) is 20.7 Å². The van der Waals surface area contributed by atoms with Crippen LogP contribution in [-0.2, 0) is 25.8 Å². The maximum Gasteiger partial charge on any atom is 0.317 e. The van der Waals surface area contributed by atoms with Gasteiger partial charge < -0.3 is 20.7 Å². The maximum atomic E-state index is 12.1. The number of thiazole rings is 1. The van der Waals surface area contributed by atoms with Crippen molar-refractivity contribution in [3.05, 3.63) is 101 Å². The number of unbranched alkanes of at least 4 members (excludes halogenated alkanes) is 1. The highest BCUT2D eigenvalue weighted by Gasteiger charge is 2.21. The second kappa shape index (κ2) is 15.2. The molecule has 5 aromatic rings. The zero-order valence-electron chi connectivity index (χ0n) is 26.4. The molecule has 0 unspecified atom stereocenters. The van der Waals surface area contributed by atoms with Crippen LogP contribution >= 0.6 is 11.3 Å². The van der Waals surface area contributed by atoms with Crippen LogP contribution < -0.4 is 20.5 Å². The number of hydrogen-bond donors (Lipinski definition) is 2. The summed E-state index contributed by atoms with van der Waals surface area (Å²) in [5.41, 5.74) is 13.6. The normalized spacial score (nSPS) is 12.9. The molecule has 0 bridgehead atoms. The van der Waals surface area contributed by atoms with Crippen molar-refractivity contribution in [3.63, 3.8) is 0 Å². The number of carbonyl (C=O) groups is 1. The van der Waals surface area contributed by atoms with Crippen LogP contribution in [-0.4, -0.2) is 58.6 Å². The van der Waals surface area contributed by atoms with Gasteiger partial charge in [-0.05, 0) is 68.0 Å². The Kier molecular flexibility index (Phi) is 10.4. The van der Waals surface area contributed by atoms with E-state index in [1.165, 1.54) is 22.4 Å². The summed E-state index contributed by atoms with van der Waals surface area (Å²) in [5, 5.41) is 10.7. The fraction of sp³-hybridized carbons (Fsp3) is 0.333. The number of hydrogen-bond acceptors (Lipinski definition) is 6. The van der Waals surface area contributed by atoms with Crippen molar-refractivity contribution in [1.29, 1.82) is 0 Å². The Hall–Kier alpha value is -4.54. The van der Waals surface area contributed by atoms with E-state index in [2.05, 4.69) is 84.5 Å². The number of ether oxygens (including phenoxy) is 1. The molecular formula is C36H42N7O2S+. The average molecular weight is 637 g/mol. The van der Waals surface area contributed by atoms with Crippen LogP contribution in [0.3, 0.4) is 0 Å². The number of amides is 2. The molecule has 0 spiro atoms. The molecule has 6 rings (SSSR count). The fourth-order valence-corrected chi connectivity index (χ4v) is 6.58. The molecule has 2 aromatic heterocycles. The minimum Gasteiger partial charge on any atom is -0.491 e. The number of benzene rings is 3. The second-order valence-corrected chi connectivity index (χ2v) is 12.3. The highest BCUT2D eigenvalue weighted by atomic mass is 32.1. The lowest BCUT2D eigenvalue weighted by molar-refractivity contribution is -0.661. The number of urea groups is 1. The number of carbonyl (C=O) groups excluding carboxylic acids is 1. The van der Waals surface area contributed by atoms with Crippen LogP contribution in [0.1, 0.15) is 36.7 Å². The molecule has 3 heterocycles. The van der Waals surface area contributed by atoms with Gasteiger partial charge in [0.1, 0.15) is 23.9 Å². The van der Waals surface area contributed by atoms with Crippen molar-refractivity contribution in [3.8, 4) is 33.1 Å². The van der Waals surface area contributed by atoms with Gasteiger partial charge in [-0.2, -0.15) is 0 Å². The van der Waals surface area contributed by atoms with Gasteiger partial charge in [0, 0.05) is 31.0 Å². The van der Waals surface area contributed by atoms with Crippen LogP contribution in [0, 0.1) is 0 Å². The molecule has 46 heavy (non-hydrogen) atoms. The first-order valence-electron chi connectivity index (χ1n) is 16.2. The lowest BCUT2D eigenvalue weighted by Crippen LogP contribution is -2.33. The largest absolute Gasteiger partial charge is 0.491 e. The Bertz CT molecular complexity index is 1730. The number of nitrogens with zero attached hydrogens (tertiary/aromatic N) is 5. The third kappa shape index (κ3) is 7.63. The average Bonchev–Trinajstić information content (AvgIpc) is 3.85. The molecule has 0 atom stereocenters. The quantitative estimate of drug-likeness (QED) is 0.118. The van der Waals surface area contributed by atoms with Crippen LogP contribution in [0.5, 0.6) is 5.75 Å². The highest BCUT2D eigenvalue weighted by Crippen LogP contribution is 2.34. The van der Waals surface area contributed by atoms with Crippen molar-refractivity contribution in [2.45, 2.75) is 45.6 Å². The number of rotatable bonds is 15. The van der Waals surface area contributed by atoms with E-state index in [-0.39, 0.29) is 6.03 Å². The van der Waals surface area contributed by atoms with E-state index in [0.717, 1.165) is 66.4 Å². The summed E-state index contributed by atoms with van der Waals surface area (Å²) >= 11 is 1.63.